The van der Waals surface area contributed by atoms with E-state index in [-0.39, 0.29) is 6.04 Å². The Labute approximate surface area is 128 Å². The number of rotatable bonds is 5. The van der Waals surface area contributed by atoms with E-state index in [9.17, 15) is 0 Å². The Morgan fingerprint density at radius 2 is 2.24 bits per heavy atom. The molecule has 0 saturated heterocycles. The van der Waals surface area contributed by atoms with Crippen LogP contribution in [0.4, 0.5) is 11.8 Å². The van der Waals surface area contributed by atoms with Crippen LogP contribution in [-0.4, -0.2) is 23.1 Å². The van der Waals surface area contributed by atoms with E-state index >= 15 is 0 Å². The molecule has 21 heavy (non-hydrogen) atoms. The minimum atomic E-state index is 0.0487. The molecule has 1 aliphatic heterocycles. The predicted molar refractivity (Wildman–Crippen MR) is 84.1 cm³/mol. The maximum Gasteiger partial charge on any atom is 0.224 e. The third kappa shape index (κ3) is 3.03. The van der Waals surface area contributed by atoms with E-state index in [0.29, 0.717) is 23.4 Å². The van der Waals surface area contributed by atoms with Gasteiger partial charge in [-0.1, -0.05) is 36.7 Å². The first-order chi connectivity index (χ1) is 10.3. The number of aromatic nitrogens is 2. The summed E-state index contributed by atoms with van der Waals surface area (Å²) >= 11 is 6.18. The monoisotopic (exact) mass is 304 g/mol. The highest BCUT2D eigenvalue weighted by molar-refractivity contribution is 6.32. The third-order valence-electron chi connectivity index (χ3n) is 3.29. The van der Waals surface area contributed by atoms with Gasteiger partial charge in [0, 0.05) is 12.1 Å². The quantitative estimate of drug-likeness (QED) is 0.885. The number of para-hydroxylation sites is 1. The molecule has 1 aromatic heterocycles. The fraction of sp³-hybridized carbons (Fsp3) is 0.333. The van der Waals surface area contributed by atoms with Crippen LogP contribution in [0.15, 0.2) is 30.5 Å². The molecule has 0 radical (unpaired) electrons. The number of nitrogens with zero attached hydrogens (tertiary/aromatic N) is 2. The zero-order valence-electron chi connectivity index (χ0n) is 11.8. The van der Waals surface area contributed by atoms with Crippen molar-refractivity contribution in [3.05, 3.63) is 41.0 Å². The average molecular weight is 305 g/mol. The van der Waals surface area contributed by atoms with E-state index in [1.165, 1.54) is 0 Å². The van der Waals surface area contributed by atoms with Gasteiger partial charge in [-0.05, 0) is 12.5 Å². The first-order valence-electron chi connectivity index (χ1n) is 7.02. The second kappa shape index (κ2) is 6.18. The van der Waals surface area contributed by atoms with Crippen molar-refractivity contribution in [2.75, 3.05) is 23.8 Å². The molecule has 110 valence electrons. The van der Waals surface area contributed by atoms with Crippen molar-refractivity contribution in [1.29, 1.82) is 0 Å². The first kappa shape index (κ1) is 13.9. The number of hydrogen-bond donors (Lipinski definition) is 2. The highest BCUT2D eigenvalue weighted by atomic mass is 35.5. The second-order valence-electron chi connectivity index (χ2n) is 4.86. The molecule has 5 nitrogen and oxygen atoms in total. The topological polar surface area (TPSA) is 59.1 Å². The Bertz CT molecular complexity index is 635. The summed E-state index contributed by atoms with van der Waals surface area (Å²) < 4.78 is 5.65. The number of halogens is 1. The predicted octanol–water partition coefficient (Wildman–Crippen LogP) is 3.50. The smallest absolute Gasteiger partial charge is 0.224 e. The van der Waals surface area contributed by atoms with Crippen LogP contribution in [0.5, 0.6) is 5.75 Å². The van der Waals surface area contributed by atoms with Gasteiger partial charge in [-0.25, -0.2) is 4.98 Å². The summed E-state index contributed by atoms with van der Waals surface area (Å²) in [6.07, 6.45) is 2.62. The van der Waals surface area contributed by atoms with Crippen LogP contribution in [0.3, 0.4) is 0 Å². The standard InChI is InChI=1S/C15H17ClN4O/c1-2-7-17-15-18-8-11(16)14(20-15)19-12-9-21-13-6-4-3-5-10(12)13/h3-6,8,12H,2,7,9H2,1H3,(H2,17,18,19,20). The Hall–Kier alpha value is -2.01. The van der Waals surface area contributed by atoms with Gasteiger partial charge in [0.2, 0.25) is 5.95 Å². The van der Waals surface area contributed by atoms with E-state index in [1.807, 2.05) is 24.3 Å². The fourth-order valence-electron chi connectivity index (χ4n) is 2.24. The summed E-state index contributed by atoms with van der Waals surface area (Å²) in [5, 5.41) is 6.99. The van der Waals surface area contributed by atoms with Gasteiger partial charge in [0.15, 0.2) is 5.82 Å². The SMILES string of the molecule is CCCNc1ncc(Cl)c(NC2COc3ccccc32)n1. The highest BCUT2D eigenvalue weighted by Gasteiger charge is 2.24. The minimum absolute atomic E-state index is 0.0487. The van der Waals surface area contributed by atoms with Gasteiger partial charge in [-0.2, -0.15) is 4.98 Å². The number of hydrogen-bond acceptors (Lipinski definition) is 5. The van der Waals surface area contributed by atoms with Gasteiger partial charge in [0.1, 0.15) is 17.4 Å². The van der Waals surface area contributed by atoms with Gasteiger partial charge in [0.05, 0.1) is 12.2 Å². The third-order valence-corrected chi connectivity index (χ3v) is 3.56. The largest absolute Gasteiger partial charge is 0.491 e. The van der Waals surface area contributed by atoms with E-state index in [2.05, 4.69) is 27.5 Å². The molecule has 0 spiro atoms. The summed E-state index contributed by atoms with van der Waals surface area (Å²) in [4.78, 5) is 8.60. The normalized spacial score (nSPS) is 16.2. The summed E-state index contributed by atoms with van der Waals surface area (Å²) in [5.41, 5.74) is 1.12. The molecule has 2 N–H and O–H groups in total. The van der Waals surface area contributed by atoms with Gasteiger partial charge in [0.25, 0.3) is 0 Å². The molecule has 6 heteroatoms. The molecular weight excluding hydrogens is 288 g/mol. The van der Waals surface area contributed by atoms with Gasteiger partial charge < -0.3 is 15.4 Å². The Morgan fingerprint density at radius 1 is 1.38 bits per heavy atom. The molecule has 0 aliphatic carbocycles. The molecule has 0 bridgehead atoms. The van der Waals surface area contributed by atoms with Crippen LogP contribution in [0.2, 0.25) is 5.02 Å². The van der Waals surface area contributed by atoms with Crippen molar-refractivity contribution >= 4 is 23.4 Å². The lowest BCUT2D eigenvalue weighted by Crippen LogP contribution is -2.14. The minimum Gasteiger partial charge on any atom is -0.491 e. The molecule has 1 unspecified atom stereocenters. The zero-order valence-corrected chi connectivity index (χ0v) is 12.5. The van der Waals surface area contributed by atoms with Gasteiger partial charge in [-0.15, -0.1) is 0 Å². The van der Waals surface area contributed by atoms with Crippen LogP contribution in [-0.2, 0) is 0 Å². The van der Waals surface area contributed by atoms with Crippen LogP contribution >= 0.6 is 11.6 Å². The lowest BCUT2D eigenvalue weighted by atomic mass is 10.1. The molecule has 0 amide bonds. The van der Waals surface area contributed by atoms with Crippen molar-refractivity contribution < 1.29 is 4.74 Å². The Kier molecular flexibility index (Phi) is 4.10. The molecule has 1 atom stereocenters. The van der Waals surface area contributed by atoms with Crippen LogP contribution in [0.25, 0.3) is 0 Å². The van der Waals surface area contributed by atoms with Crippen LogP contribution in [0, 0.1) is 0 Å². The molecule has 0 fully saturated rings. The van der Waals surface area contributed by atoms with Crippen molar-refractivity contribution in [1.82, 2.24) is 9.97 Å². The number of ether oxygens (including phenoxy) is 1. The summed E-state index contributed by atoms with van der Waals surface area (Å²) in [7, 11) is 0. The highest BCUT2D eigenvalue weighted by Crippen LogP contribution is 2.35. The van der Waals surface area contributed by atoms with Crippen LogP contribution < -0.4 is 15.4 Å². The van der Waals surface area contributed by atoms with E-state index in [1.54, 1.807) is 6.20 Å². The molecule has 0 saturated carbocycles. The average Bonchev–Trinajstić information content (AvgIpc) is 2.91. The molecule has 2 heterocycles. The first-order valence-corrected chi connectivity index (χ1v) is 7.40. The number of fused-ring (bicyclic) bond motifs is 1. The summed E-state index contributed by atoms with van der Waals surface area (Å²) in [6.45, 7) is 3.49. The lowest BCUT2D eigenvalue weighted by molar-refractivity contribution is 0.339. The van der Waals surface area contributed by atoms with Crippen LogP contribution in [0.1, 0.15) is 24.9 Å². The fourth-order valence-corrected chi connectivity index (χ4v) is 2.38. The number of nitrogens with one attached hydrogen (secondary N) is 2. The summed E-state index contributed by atoms with van der Waals surface area (Å²) in [5.74, 6) is 2.11. The van der Waals surface area contributed by atoms with Crippen molar-refractivity contribution in [2.24, 2.45) is 0 Å². The number of anilines is 2. The number of benzene rings is 1. The Balaban J connectivity index is 1.79. The van der Waals surface area contributed by atoms with E-state index in [0.717, 1.165) is 24.3 Å². The van der Waals surface area contributed by atoms with Crippen molar-refractivity contribution in [2.45, 2.75) is 19.4 Å². The second-order valence-corrected chi connectivity index (χ2v) is 5.27. The molecular formula is C15H17ClN4O. The van der Waals surface area contributed by atoms with Crippen molar-refractivity contribution in [3.8, 4) is 5.75 Å². The lowest BCUT2D eigenvalue weighted by Gasteiger charge is -2.14. The zero-order chi connectivity index (χ0) is 14.7. The molecule has 1 aliphatic rings. The van der Waals surface area contributed by atoms with Gasteiger partial charge in [-0.3, -0.25) is 0 Å². The maximum atomic E-state index is 6.18. The van der Waals surface area contributed by atoms with E-state index < -0.39 is 0 Å². The molecule has 2 aromatic rings. The Morgan fingerprint density at radius 3 is 3.10 bits per heavy atom. The van der Waals surface area contributed by atoms with Crippen molar-refractivity contribution in [3.63, 3.8) is 0 Å². The van der Waals surface area contributed by atoms with E-state index in [4.69, 9.17) is 16.3 Å². The molecule has 3 rings (SSSR count). The maximum absolute atomic E-state index is 6.18. The van der Waals surface area contributed by atoms with Gasteiger partial charge >= 0.3 is 0 Å². The molecule has 1 aromatic carbocycles. The summed E-state index contributed by atoms with van der Waals surface area (Å²) in [6, 6.07) is 8.02.